The van der Waals surface area contributed by atoms with Gasteiger partial charge in [0.1, 0.15) is 0 Å². The van der Waals surface area contributed by atoms with E-state index in [1.54, 1.807) is 0 Å². The lowest BCUT2D eigenvalue weighted by Crippen LogP contribution is -2.63. The topological polar surface area (TPSA) is 3.24 Å². The van der Waals surface area contributed by atoms with Crippen LogP contribution in [0.25, 0.3) is 0 Å². The van der Waals surface area contributed by atoms with E-state index in [9.17, 15) is 0 Å². The summed E-state index contributed by atoms with van der Waals surface area (Å²) in [6.45, 7) is 14.2. The number of piperidine rings is 1. The largest absolute Gasteiger partial charge is 0.296 e. The summed E-state index contributed by atoms with van der Waals surface area (Å²) in [5, 5.41) is 0. The molecule has 0 amide bonds. The highest BCUT2D eigenvalue weighted by Gasteiger charge is 2.46. The lowest BCUT2D eigenvalue weighted by atomic mass is 9.68. The van der Waals surface area contributed by atoms with Crippen LogP contribution in [0.15, 0.2) is 0 Å². The molecule has 0 bridgehead atoms. The fraction of sp³-hybridized carbons (Fsp3) is 1.00. The van der Waals surface area contributed by atoms with E-state index in [-0.39, 0.29) is 0 Å². The third-order valence-electron chi connectivity index (χ3n) is 4.85. The van der Waals surface area contributed by atoms with Gasteiger partial charge in [0.25, 0.3) is 0 Å². The summed E-state index contributed by atoms with van der Waals surface area (Å²) < 4.78 is 0. The molecule has 1 saturated heterocycles. The van der Waals surface area contributed by atoms with Crippen LogP contribution >= 0.6 is 0 Å². The van der Waals surface area contributed by atoms with Crippen molar-refractivity contribution >= 4 is 0 Å². The zero-order chi connectivity index (χ0) is 10.4. The Kier molecular flexibility index (Phi) is 2.53. The zero-order valence-electron chi connectivity index (χ0n) is 10.3. The van der Waals surface area contributed by atoms with Crippen LogP contribution < -0.4 is 0 Å². The quantitative estimate of drug-likeness (QED) is 0.557. The standard InChI is InChI=1S/C12H25N/c1-9-8-10(2)12(5,6)13(7)11(9,3)4/h9-10H,8H2,1-7H3. The van der Waals surface area contributed by atoms with Crippen LogP contribution in [0, 0.1) is 11.8 Å². The molecule has 13 heavy (non-hydrogen) atoms. The van der Waals surface area contributed by atoms with Gasteiger partial charge in [-0.25, -0.2) is 0 Å². The number of rotatable bonds is 0. The second-order valence-electron chi connectivity index (χ2n) is 5.90. The molecule has 0 radical (unpaired) electrons. The minimum Gasteiger partial charge on any atom is -0.296 e. The Balaban J connectivity index is 2.96. The summed E-state index contributed by atoms with van der Waals surface area (Å²) in [6.07, 6.45) is 1.35. The predicted molar refractivity (Wildman–Crippen MR) is 58.9 cm³/mol. The first-order valence-corrected chi connectivity index (χ1v) is 5.44. The second kappa shape index (κ2) is 2.98. The molecule has 1 aliphatic heterocycles. The Labute approximate surface area is 83.5 Å². The van der Waals surface area contributed by atoms with Gasteiger partial charge in [-0.3, -0.25) is 4.90 Å². The van der Waals surface area contributed by atoms with E-state index in [2.05, 4.69) is 53.5 Å². The van der Waals surface area contributed by atoms with Gasteiger partial charge in [0.2, 0.25) is 0 Å². The maximum absolute atomic E-state index is 2.55. The van der Waals surface area contributed by atoms with Gasteiger partial charge in [-0.15, -0.1) is 0 Å². The van der Waals surface area contributed by atoms with Crippen LogP contribution in [0.5, 0.6) is 0 Å². The molecule has 0 aliphatic carbocycles. The Hall–Kier alpha value is -0.0400. The molecule has 0 saturated carbocycles. The van der Waals surface area contributed by atoms with Crippen molar-refractivity contribution in [3.05, 3.63) is 0 Å². The van der Waals surface area contributed by atoms with Crippen LogP contribution in [0.2, 0.25) is 0 Å². The van der Waals surface area contributed by atoms with Gasteiger partial charge >= 0.3 is 0 Å². The first kappa shape index (κ1) is 11.0. The second-order valence-corrected chi connectivity index (χ2v) is 5.90. The predicted octanol–water partition coefficient (Wildman–Crippen LogP) is 3.15. The molecule has 2 unspecified atom stereocenters. The molecule has 0 aromatic carbocycles. The van der Waals surface area contributed by atoms with E-state index in [0.29, 0.717) is 11.1 Å². The zero-order valence-corrected chi connectivity index (χ0v) is 10.3. The van der Waals surface area contributed by atoms with Crippen LogP contribution in [0.3, 0.4) is 0 Å². The van der Waals surface area contributed by atoms with Crippen molar-refractivity contribution in [1.29, 1.82) is 0 Å². The minimum absolute atomic E-state index is 0.343. The van der Waals surface area contributed by atoms with Crippen LogP contribution in [0.1, 0.15) is 48.0 Å². The highest BCUT2D eigenvalue weighted by Crippen LogP contribution is 2.43. The average molecular weight is 183 g/mol. The fourth-order valence-corrected chi connectivity index (χ4v) is 2.51. The van der Waals surface area contributed by atoms with Gasteiger partial charge in [-0.1, -0.05) is 13.8 Å². The SMILES string of the molecule is CC1CC(C)C(C)(C)N(C)C1(C)C. The van der Waals surface area contributed by atoms with Crippen molar-refractivity contribution in [1.82, 2.24) is 4.90 Å². The molecule has 2 atom stereocenters. The summed E-state index contributed by atoms with van der Waals surface area (Å²) in [7, 11) is 2.27. The number of hydrogen-bond donors (Lipinski definition) is 0. The van der Waals surface area contributed by atoms with Gasteiger partial charge in [0.05, 0.1) is 0 Å². The monoisotopic (exact) mass is 183 g/mol. The maximum atomic E-state index is 2.55. The number of hydrogen-bond acceptors (Lipinski definition) is 1. The van der Waals surface area contributed by atoms with E-state index in [1.165, 1.54) is 6.42 Å². The molecule has 1 aliphatic rings. The molecule has 0 spiro atoms. The summed E-state index contributed by atoms with van der Waals surface area (Å²) in [5.41, 5.74) is 0.687. The van der Waals surface area contributed by atoms with Crippen molar-refractivity contribution < 1.29 is 0 Å². The Morgan fingerprint density at radius 1 is 0.923 bits per heavy atom. The fourth-order valence-electron chi connectivity index (χ4n) is 2.51. The third-order valence-corrected chi connectivity index (χ3v) is 4.85. The highest BCUT2D eigenvalue weighted by molar-refractivity contribution is 5.01. The molecule has 1 heteroatoms. The van der Waals surface area contributed by atoms with Crippen LogP contribution in [-0.4, -0.2) is 23.0 Å². The Morgan fingerprint density at radius 3 is 1.54 bits per heavy atom. The molecule has 0 N–H and O–H groups in total. The molecular formula is C12H25N. The van der Waals surface area contributed by atoms with Crippen molar-refractivity contribution in [2.75, 3.05) is 7.05 Å². The van der Waals surface area contributed by atoms with E-state index in [1.807, 2.05) is 0 Å². The summed E-state index contributed by atoms with van der Waals surface area (Å²) in [6, 6.07) is 0. The van der Waals surface area contributed by atoms with Crippen molar-refractivity contribution in [2.45, 2.75) is 59.0 Å². The van der Waals surface area contributed by atoms with E-state index in [4.69, 9.17) is 0 Å². The smallest absolute Gasteiger partial charge is 0.0181 e. The molecule has 1 heterocycles. The summed E-state index contributed by atoms with van der Waals surface area (Å²) in [5.74, 6) is 1.58. The summed E-state index contributed by atoms with van der Waals surface area (Å²) in [4.78, 5) is 2.55. The average Bonchev–Trinajstić information content (AvgIpc) is 2.00. The van der Waals surface area contributed by atoms with Gasteiger partial charge in [0.15, 0.2) is 0 Å². The molecule has 1 nitrogen and oxygen atoms in total. The third kappa shape index (κ3) is 1.52. The number of nitrogens with zero attached hydrogens (tertiary/aromatic N) is 1. The molecule has 78 valence electrons. The molecule has 0 aromatic rings. The van der Waals surface area contributed by atoms with Crippen LogP contribution in [-0.2, 0) is 0 Å². The van der Waals surface area contributed by atoms with E-state index < -0.39 is 0 Å². The molecule has 0 aromatic heterocycles. The first-order valence-electron chi connectivity index (χ1n) is 5.44. The molecular weight excluding hydrogens is 158 g/mol. The lowest BCUT2D eigenvalue weighted by Gasteiger charge is -2.57. The first-order chi connectivity index (χ1) is 5.70. The Bertz CT molecular complexity index is 173. The Morgan fingerprint density at radius 2 is 1.23 bits per heavy atom. The normalized spacial score (nSPS) is 39.0. The van der Waals surface area contributed by atoms with Crippen molar-refractivity contribution in [2.24, 2.45) is 11.8 Å². The lowest BCUT2D eigenvalue weighted by molar-refractivity contribution is -0.0719. The van der Waals surface area contributed by atoms with Gasteiger partial charge in [-0.05, 0) is 53.0 Å². The van der Waals surface area contributed by atoms with Crippen LogP contribution in [0.4, 0.5) is 0 Å². The molecule has 1 fully saturated rings. The molecule has 1 rings (SSSR count). The van der Waals surface area contributed by atoms with E-state index >= 15 is 0 Å². The maximum Gasteiger partial charge on any atom is 0.0181 e. The van der Waals surface area contributed by atoms with Gasteiger partial charge < -0.3 is 0 Å². The van der Waals surface area contributed by atoms with Gasteiger partial charge in [0, 0.05) is 11.1 Å². The summed E-state index contributed by atoms with van der Waals surface area (Å²) >= 11 is 0. The highest BCUT2D eigenvalue weighted by atomic mass is 15.2. The van der Waals surface area contributed by atoms with Crippen molar-refractivity contribution in [3.8, 4) is 0 Å². The minimum atomic E-state index is 0.343. The van der Waals surface area contributed by atoms with E-state index in [0.717, 1.165) is 11.8 Å². The van der Waals surface area contributed by atoms with Gasteiger partial charge in [-0.2, -0.15) is 0 Å². The number of likely N-dealkylation sites (tertiary alicyclic amines) is 1. The van der Waals surface area contributed by atoms with Crippen molar-refractivity contribution in [3.63, 3.8) is 0 Å².